The third kappa shape index (κ3) is 4.96. The minimum Gasteiger partial charge on any atom is -0.441 e. The van der Waals surface area contributed by atoms with Gasteiger partial charge in [0, 0.05) is 28.5 Å². The van der Waals surface area contributed by atoms with Crippen LogP contribution >= 0.6 is 0 Å². The molecule has 0 saturated heterocycles. The van der Waals surface area contributed by atoms with E-state index in [9.17, 15) is 27.4 Å². The van der Waals surface area contributed by atoms with E-state index < -0.39 is 34.2 Å². The summed E-state index contributed by atoms with van der Waals surface area (Å²) in [5.41, 5.74) is 8.17. The molecule has 2 aromatic rings. The Morgan fingerprint density at radius 1 is 1.19 bits per heavy atom. The number of fused-ring (bicyclic) bond motifs is 1. The van der Waals surface area contributed by atoms with Gasteiger partial charge < -0.3 is 26.0 Å². The maximum atomic E-state index is 12.7. The van der Waals surface area contributed by atoms with Gasteiger partial charge in [0.2, 0.25) is 0 Å². The van der Waals surface area contributed by atoms with E-state index in [1.54, 1.807) is 29.8 Å². The predicted octanol–water partition coefficient (Wildman–Crippen LogP) is 2.53. The van der Waals surface area contributed by atoms with Gasteiger partial charge >= 0.3 is 5.76 Å². The van der Waals surface area contributed by atoms with Gasteiger partial charge in [0.05, 0.1) is 6.04 Å². The molecule has 0 fully saturated rings. The molecule has 0 aromatic heterocycles. The Morgan fingerprint density at radius 3 is 2.55 bits per heavy atom. The molecule has 8 nitrogen and oxygen atoms in total. The van der Waals surface area contributed by atoms with Crippen LogP contribution in [-0.4, -0.2) is 24.4 Å². The van der Waals surface area contributed by atoms with Crippen molar-refractivity contribution in [2.75, 3.05) is 5.32 Å². The van der Waals surface area contributed by atoms with E-state index in [1.165, 1.54) is 18.2 Å². The predicted molar refractivity (Wildman–Crippen MR) is 111 cm³/mol. The number of anilines is 1. The van der Waals surface area contributed by atoms with E-state index in [0.717, 1.165) is 5.56 Å². The summed E-state index contributed by atoms with van der Waals surface area (Å²) in [6.07, 6.45) is -1.45. The zero-order valence-electron chi connectivity index (χ0n) is 16.7. The molecule has 1 heterocycles. The minimum atomic E-state index is -5.00. The quantitative estimate of drug-likeness (QED) is 0.405. The fourth-order valence-electron chi connectivity index (χ4n) is 3.33. The molecule has 6 N–H and O–H groups in total. The summed E-state index contributed by atoms with van der Waals surface area (Å²) < 4.78 is 55.4. The Kier molecular flexibility index (Phi) is 6.51. The molecule has 1 aliphatic rings. The highest BCUT2D eigenvalue weighted by Crippen LogP contribution is 2.40. The van der Waals surface area contributed by atoms with Gasteiger partial charge in [-0.3, -0.25) is 0 Å². The van der Waals surface area contributed by atoms with E-state index in [2.05, 4.69) is 5.32 Å². The van der Waals surface area contributed by atoms with Gasteiger partial charge in [0.25, 0.3) is 10.0 Å². The first kappa shape index (κ1) is 22.9. The van der Waals surface area contributed by atoms with E-state index in [1.807, 2.05) is 13.0 Å². The van der Waals surface area contributed by atoms with Gasteiger partial charge in [-0.15, -0.1) is 0 Å². The molecule has 168 valence electrons. The molecule has 3 rings (SSSR count). The summed E-state index contributed by atoms with van der Waals surface area (Å²) in [4.78, 5) is 0. The molecule has 0 radical (unpaired) electrons. The number of hydrogen-bond acceptors (Lipinski definition) is 7. The standard InChI is InChI=1S/C20H23F2N3O5S/c1-10-7-13(18-14(8-10)16(26)9-17(23)30-18)11(2)24-15-6-4-3-5-12(15)19(27)25-31(28,29)20(21)22/h3-9,11,16,19-20,24-27H,23H2,1-2H3/t11-,16?,19?/m1/s1. The lowest BCUT2D eigenvalue weighted by molar-refractivity contribution is 0.159. The number of para-hydroxylation sites is 1. The SMILES string of the molecule is Cc1cc2c(c([C@@H](C)Nc3ccccc3C(O)NS(=O)(=O)C(F)F)c1)OC(N)=CC2O. The van der Waals surface area contributed by atoms with Crippen molar-refractivity contribution in [3.05, 3.63) is 70.6 Å². The van der Waals surface area contributed by atoms with Crippen LogP contribution in [0, 0.1) is 6.92 Å². The van der Waals surface area contributed by atoms with Gasteiger partial charge in [-0.2, -0.15) is 13.5 Å². The van der Waals surface area contributed by atoms with Crippen LogP contribution in [0.4, 0.5) is 14.5 Å². The smallest absolute Gasteiger partial charge is 0.350 e. The maximum Gasteiger partial charge on any atom is 0.350 e. The van der Waals surface area contributed by atoms with Crippen molar-refractivity contribution in [1.29, 1.82) is 0 Å². The van der Waals surface area contributed by atoms with Crippen LogP contribution in [0.15, 0.2) is 48.4 Å². The Balaban J connectivity index is 1.92. The molecule has 11 heteroatoms. The Morgan fingerprint density at radius 2 is 1.87 bits per heavy atom. The fraction of sp³-hybridized carbons (Fsp3) is 0.300. The van der Waals surface area contributed by atoms with Crippen molar-refractivity contribution in [3.8, 4) is 5.75 Å². The number of nitrogens with one attached hydrogen (secondary N) is 2. The second-order valence-corrected chi connectivity index (χ2v) is 8.85. The summed E-state index contributed by atoms with van der Waals surface area (Å²) in [5, 5.41) is 23.7. The molecule has 2 unspecified atom stereocenters. The van der Waals surface area contributed by atoms with E-state index in [4.69, 9.17) is 10.5 Å². The third-order valence-corrected chi connectivity index (χ3v) is 5.78. The summed E-state index contributed by atoms with van der Waals surface area (Å²) in [5.74, 6) is -3.24. The van der Waals surface area contributed by atoms with Gasteiger partial charge in [-0.1, -0.05) is 29.8 Å². The molecule has 1 aliphatic heterocycles. The van der Waals surface area contributed by atoms with Crippen LogP contribution in [-0.2, 0) is 10.0 Å². The van der Waals surface area contributed by atoms with Crippen LogP contribution in [0.3, 0.4) is 0 Å². The summed E-state index contributed by atoms with van der Waals surface area (Å²) in [7, 11) is -5.00. The largest absolute Gasteiger partial charge is 0.441 e. The van der Waals surface area contributed by atoms with Gasteiger partial charge in [0.15, 0.2) is 5.88 Å². The van der Waals surface area contributed by atoms with Gasteiger partial charge in [-0.25, -0.2) is 8.42 Å². The third-order valence-electron chi connectivity index (χ3n) is 4.76. The van der Waals surface area contributed by atoms with Crippen LogP contribution < -0.4 is 20.5 Å². The van der Waals surface area contributed by atoms with Crippen molar-refractivity contribution in [2.24, 2.45) is 5.73 Å². The van der Waals surface area contributed by atoms with Crippen molar-refractivity contribution in [2.45, 2.75) is 38.0 Å². The summed E-state index contributed by atoms with van der Waals surface area (Å²) in [6.45, 7) is 3.63. The van der Waals surface area contributed by atoms with E-state index >= 15 is 0 Å². The molecule has 3 atom stereocenters. The lowest BCUT2D eigenvalue weighted by Crippen LogP contribution is -2.33. The number of sulfonamides is 1. The van der Waals surface area contributed by atoms with Gasteiger partial charge in [-0.05, 0) is 26.0 Å². The van der Waals surface area contributed by atoms with Crippen molar-refractivity contribution >= 4 is 15.7 Å². The number of aryl methyl sites for hydroxylation is 1. The normalized spacial score (nSPS) is 18.0. The highest BCUT2D eigenvalue weighted by Gasteiger charge is 2.29. The molecular formula is C20H23F2N3O5S. The molecule has 0 aliphatic carbocycles. The first-order valence-electron chi connectivity index (χ1n) is 9.30. The van der Waals surface area contributed by atoms with Crippen molar-refractivity contribution in [1.82, 2.24) is 4.72 Å². The Labute approximate surface area is 178 Å². The van der Waals surface area contributed by atoms with Crippen LogP contribution in [0.25, 0.3) is 0 Å². The van der Waals surface area contributed by atoms with E-state index in [-0.39, 0.29) is 11.4 Å². The van der Waals surface area contributed by atoms with Crippen LogP contribution in [0.2, 0.25) is 0 Å². The average molecular weight is 455 g/mol. The van der Waals surface area contributed by atoms with Crippen LogP contribution in [0.5, 0.6) is 5.75 Å². The number of ether oxygens (including phenoxy) is 1. The number of nitrogens with two attached hydrogens (primary N) is 1. The zero-order chi connectivity index (χ0) is 22.9. The topological polar surface area (TPSA) is 134 Å². The van der Waals surface area contributed by atoms with Crippen molar-refractivity contribution in [3.63, 3.8) is 0 Å². The number of benzene rings is 2. The minimum absolute atomic E-state index is 0.0505. The summed E-state index contributed by atoms with van der Waals surface area (Å²) in [6, 6.07) is 9.30. The first-order chi connectivity index (χ1) is 14.5. The highest BCUT2D eigenvalue weighted by atomic mass is 32.2. The second-order valence-electron chi connectivity index (χ2n) is 7.17. The second kappa shape index (κ2) is 8.79. The van der Waals surface area contributed by atoms with Crippen molar-refractivity contribution < 1.29 is 32.1 Å². The molecule has 0 amide bonds. The molecular weight excluding hydrogens is 432 g/mol. The molecule has 0 saturated carbocycles. The molecule has 0 bridgehead atoms. The van der Waals surface area contributed by atoms with E-state index in [0.29, 0.717) is 22.6 Å². The lowest BCUT2D eigenvalue weighted by atomic mass is 9.95. The highest BCUT2D eigenvalue weighted by molar-refractivity contribution is 7.89. The Hall–Kier alpha value is -2.73. The molecule has 0 spiro atoms. The maximum absolute atomic E-state index is 12.7. The van der Waals surface area contributed by atoms with Gasteiger partial charge in [0.1, 0.15) is 18.1 Å². The van der Waals surface area contributed by atoms with Crippen LogP contribution in [0.1, 0.15) is 47.6 Å². The number of aliphatic hydroxyl groups is 2. The molecule has 2 aromatic carbocycles. The number of halogens is 2. The number of aliphatic hydroxyl groups excluding tert-OH is 2. The molecule has 31 heavy (non-hydrogen) atoms. The number of alkyl halides is 2. The average Bonchev–Trinajstić information content (AvgIpc) is 2.68. The number of hydrogen-bond donors (Lipinski definition) is 5. The lowest BCUT2D eigenvalue weighted by Gasteiger charge is -2.27. The first-order valence-corrected chi connectivity index (χ1v) is 10.8. The summed E-state index contributed by atoms with van der Waals surface area (Å²) >= 11 is 0. The Bertz CT molecular complexity index is 1110. The fourth-order valence-corrected chi connectivity index (χ4v) is 3.88. The monoisotopic (exact) mass is 455 g/mol. The zero-order valence-corrected chi connectivity index (χ0v) is 17.5. The number of rotatable bonds is 7.